The molecular formula is C19H37NO2Si. The number of hydrogen-bond acceptors (Lipinski definition) is 3. The van der Waals surface area contributed by atoms with Crippen LogP contribution in [0.25, 0.3) is 0 Å². The molecule has 1 rings (SSSR count). The number of nitrogens with zero attached hydrogens (tertiary/aromatic N) is 1. The van der Waals surface area contributed by atoms with E-state index in [4.69, 9.17) is 4.43 Å². The zero-order valence-corrected chi connectivity index (χ0v) is 17.4. The Hall–Kier alpha value is -0.583. The highest BCUT2D eigenvalue weighted by molar-refractivity contribution is 6.74. The maximum Gasteiger partial charge on any atom is 0.250 e. The van der Waals surface area contributed by atoms with Crippen LogP contribution in [0.15, 0.2) is 24.5 Å². The summed E-state index contributed by atoms with van der Waals surface area (Å²) >= 11 is 0. The fourth-order valence-corrected chi connectivity index (χ4v) is 4.22. The fourth-order valence-electron chi connectivity index (χ4n) is 3.09. The molecule has 0 radical (unpaired) electrons. The lowest BCUT2D eigenvalue weighted by Gasteiger charge is -2.47. The third kappa shape index (κ3) is 4.49. The van der Waals surface area contributed by atoms with E-state index in [1.54, 1.807) is 0 Å². The first-order valence-corrected chi connectivity index (χ1v) is 11.6. The Bertz CT molecular complexity index is 451. The molecule has 1 aliphatic rings. The summed E-state index contributed by atoms with van der Waals surface area (Å²) in [6, 6.07) is 0.172. The average molecular weight is 340 g/mol. The summed E-state index contributed by atoms with van der Waals surface area (Å²) < 4.78 is 6.53. The predicted molar refractivity (Wildman–Crippen MR) is 102 cm³/mol. The van der Waals surface area contributed by atoms with Gasteiger partial charge in [0.05, 0.1) is 11.9 Å². The van der Waals surface area contributed by atoms with Crippen molar-refractivity contribution in [2.45, 2.75) is 77.2 Å². The smallest absolute Gasteiger partial charge is 0.250 e. The lowest BCUT2D eigenvalue weighted by Crippen LogP contribution is -2.51. The van der Waals surface area contributed by atoms with Crippen molar-refractivity contribution < 1.29 is 9.53 Å². The first kappa shape index (κ1) is 20.5. The molecule has 0 unspecified atom stereocenters. The van der Waals surface area contributed by atoms with Gasteiger partial charge in [0.1, 0.15) is 0 Å². The van der Waals surface area contributed by atoms with Crippen molar-refractivity contribution in [3.8, 4) is 0 Å². The fraction of sp³-hybridized carbons (Fsp3) is 0.789. The second-order valence-corrected chi connectivity index (χ2v) is 13.7. The number of aliphatic hydroxyl groups excluding tert-OH is 1. The third-order valence-corrected chi connectivity index (χ3v) is 10.2. The predicted octanol–water partition coefficient (Wildman–Crippen LogP) is 4.56. The van der Waals surface area contributed by atoms with Crippen LogP contribution in [-0.2, 0) is 4.43 Å². The number of aliphatic hydroxyl groups is 1. The van der Waals surface area contributed by atoms with Crippen molar-refractivity contribution in [1.82, 2.24) is 4.90 Å². The van der Waals surface area contributed by atoms with Gasteiger partial charge in [-0.15, -0.1) is 6.58 Å². The standard InChI is InChI=1S/C19H37NO2Si/c1-10-11-17(21)19(5)13-12-15(14-16(19)20(6)7)22-23(8,9)18(2,3)4/h10,14,16-17,21H,1,11-13H2,2-9H3/t16-,17+,19+/m1/s1. The third-order valence-electron chi connectivity index (χ3n) is 5.83. The molecule has 0 aliphatic heterocycles. The summed E-state index contributed by atoms with van der Waals surface area (Å²) in [6.07, 6.45) is 6.16. The lowest BCUT2D eigenvalue weighted by atomic mass is 9.69. The van der Waals surface area contributed by atoms with E-state index >= 15 is 0 Å². The normalized spacial score (nSPS) is 27.6. The van der Waals surface area contributed by atoms with Gasteiger partial charge in [0, 0.05) is 17.9 Å². The molecule has 3 nitrogen and oxygen atoms in total. The topological polar surface area (TPSA) is 32.7 Å². The highest BCUT2D eigenvalue weighted by Crippen LogP contribution is 2.44. The van der Waals surface area contributed by atoms with E-state index in [2.05, 4.69) is 72.4 Å². The van der Waals surface area contributed by atoms with Crippen LogP contribution in [0.3, 0.4) is 0 Å². The molecule has 0 aromatic carbocycles. The van der Waals surface area contributed by atoms with Crippen molar-refractivity contribution >= 4 is 8.32 Å². The molecule has 0 amide bonds. The summed E-state index contributed by atoms with van der Waals surface area (Å²) in [6.45, 7) is 17.3. The van der Waals surface area contributed by atoms with Gasteiger partial charge in [-0.05, 0) is 51.1 Å². The van der Waals surface area contributed by atoms with Crippen LogP contribution in [0, 0.1) is 5.41 Å². The van der Waals surface area contributed by atoms with E-state index in [-0.39, 0.29) is 22.6 Å². The highest BCUT2D eigenvalue weighted by atomic mass is 28.4. The van der Waals surface area contributed by atoms with Gasteiger partial charge in [-0.25, -0.2) is 0 Å². The molecule has 0 aromatic rings. The van der Waals surface area contributed by atoms with Crippen LogP contribution in [0.1, 0.15) is 47.0 Å². The molecule has 0 heterocycles. The Kier molecular flexibility index (Phi) is 6.33. The van der Waals surface area contributed by atoms with Crippen LogP contribution < -0.4 is 0 Å². The summed E-state index contributed by atoms with van der Waals surface area (Å²) in [5, 5.41) is 10.8. The van der Waals surface area contributed by atoms with Crippen LogP contribution >= 0.6 is 0 Å². The molecule has 0 bridgehead atoms. The molecule has 3 atom stereocenters. The maximum absolute atomic E-state index is 10.6. The van der Waals surface area contributed by atoms with Gasteiger partial charge >= 0.3 is 0 Å². The van der Waals surface area contributed by atoms with Crippen molar-refractivity contribution in [2.24, 2.45) is 5.41 Å². The van der Waals surface area contributed by atoms with Gasteiger partial charge in [0.2, 0.25) is 8.32 Å². The first-order valence-electron chi connectivity index (χ1n) is 8.70. The lowest BCUT2D eigenvalue weighted by molar-refractivity contribution is -0.0174. The maximum atomic E-state index is 10.6. The van der Waals surface area contributed by atoms with Crippen molar-refractivity contribution in [1.29, 1.82) is 0 Å². The van der Waals surface area contributed by atoms with E-state index < -0.39 is 8.32 Å². The second-order valence-electron chi connectivity index (χ2n) is 8.95. The van der Waals surface area contributed by atoms with Gasteiger partial charge in [0.25, 0.3) is 0 Å². The van der Waals surface area contributed by atoms with Gasteiger partial charge in [-0.3, -0.25) is 0 Å². The van der Waals surface area contributed by atoms with Gasteiger partial charge in [-0.2, -0.15) is 0 Å². The second kappa shape index (κ2) is 7.12. The number of allylic oxidation sites excluding steroid dienone is 1. The SMILES string of the molecule is C=CC[C@H](O)[C@@]1(C)CCC(O[Si](C)(C)C(C)(C)C)=C[C@H]1N(C)C. The molecular weight excluding hydrogens is 302 g/mol. The van der Waals surface area contributed by atoms with Gasteiger partial charge in [-0.1, -0.05) is 33.8 Å². The minimum absolute atomic E-state index is 0.169. The Morgan fingerprint density at radius 1 is 1.48 bits per heavy atom. The first-order chi connectivity index (χ1) is 10.3. The average Bonchev–Trinajstić information content (AvgIpc) is 2.39. The highest BCUT2D eigenvalue weighted by Gasteiger charge is 2.45. The Morgan fingerprint density at radius 2 is 2.04 bits per heavy atom. The molecule has 0 spiro atoms. The largest absolute Gasteiger partial charge is 0.547 e. The molecule has 4 heteroatoms. The van der Waals surface area contributed by atoms with Gasteiger partial charge in [0.15, 0.2) is 0 Å². The minimum atomic E-state index is -1.81. The van der Waals surface area contributed by atoms with Crippen LogP contribution in [-0.4, -0.2) is 44.6 Å². The minimum Gasteiger partial charge on any atom is -0.547 e. The van der Waals surface area contributed by atoms with Crippen molar-refractivity contribution in [3.05, 3.63) is 24.5 Å². The number of likely N-dealkylation sites (N-methyl/N-ethyl adjacent to an activating group) is 1. The van der Waals surface area contributed by atoms with Crippen LogP contribution in [0.2, 0.25) is 18.1 Å². The molecule has 1 aliphatic carbocycles. The Labute approximate surface area is 144 Å². The number of rotatable bonds is 6. The summed E-state index contributed by atoms with van der Waals surface area (Å²) in [5.41, 5.74) is -0.169. The molecule has 1 N–H and O–H groups in total. The van der Waals surface area contributed by atoms with E-state index in [1.165, 1.54) is 0 Å². The molecule has 134 valence electrons. The zero-order valence-electron chi connectivity index (χ0n) is 16.4. The summed E-state index contributed by atoms with van der Waals surface area (Å²) in [5.74, 6) is 1.11. The number of hydrogen-bond donors (Lipinski definition) is 1. The van der Waals surface area contributed by atoms with Crippen LogP contribution in [0.4, 0.5) is 0 Å². The van der Waals surface area contributed by atoms with E-state index in [0.717, 1.165) is 18.6 Å². The van der Waals surface area contributed by atoms with E-state index in [0.29, 0.717) is 6.42 Å². The molecule has 23 heavy (non-hydrogen) atoms. The Morgan fingerprint density at radius 3 is 2.48 bits per heavy atom. The van der Waals surface area contributed by atoms with Crippen molar-refractivity contribution in [2.75, 3.05) is 14.1 Å². The summed E-state index contributed by atoms with van der Waals surface area (Å²) in [7, 11) is 2.35. The molecule has 0 saturated heterocycles. The molecule has 0 fully saturated rings. The Balaban J connectivity index is 3.06. The molecule has 0 aromatic heterocycles. The van der Waals surface area contributed by atoms with Gasteiger partial charge < -0.3 is 14.4 Å². The van der Waals surface area contributed by atoms with E-state index in [1.807, 2.05) is 6.08 Å². The quantitative estimate of drug-likeness (QED) is 0.569. The molecule has 0 saturated carbocycles. The van der Waals surface area contributed by atoms with E-state index in [9.17, 15) is 5.11 Å². The summed E-state index contributed by atoms with van der Waals surface area (Å²) in [4.78, 5) is 2.19. The zero-order chi connectivity index (χ0) is 18.1. The van der Waals surface area contributed by atoms with Crippen LogP contribution in [0.5, 0.6) is 0 Å². The van der Waals surface area contributed by atoms with Crippen molar-refractivity contribution in [3.63, 3.8) is 0 Å². The monoisotopic (exact) mass is 339 g/mol.